The molecule has 4 aliphatic carbocycles. The van der Waals surface area contributed by atoms with Gasteiger partial charge in [-0.2, -0.15) is 0 Å². The Labute approximate surface area is 659 Å². The van der Waals surface area contributed by atoms with Gasteiger partial charge in [0.1, 0.15) is 23.0 Å². The van der Waals surface area contributed by atoms with E-state index in [-0.39, 0.29) is 0 Å². The summed E-state index contributed by atoms with van der Waals surface area (Å²) in [5.41, 5.74) is 32.3. The van der Waals surface area contributed by atoms with Gasteiger partial charge in [0, 0.05) is 40.2 Å². The number of allylic oxidation sites excluding steroid dienone is 1. The first-order chi connectivity index (χ1) is 55.5. The predicted octanol–water partition coefficient (Wildman–Crippen LogP) is 28.0. The number of ether oxygens (including phenoxy) is 2. The topological polar surface area (TPSA) is 24.9 Å². The van der Waals surface area contributed by atoms with Crippen molar-refractivity contribution in [2.75, 3.05) is 9.80 Å². The van der Waals surface area contributed by atoms with E-state index in [0.717, 1.165) is 173 Å². The van der Waals surface area contributed by atoms with E-state index < -0.39 is 22.5 Å². The Morgan fingerprint density at radius 1 is 0.301 bits per heavy atom. The summed E-state index contributed by atoms with van der Waals surface area (Å²) in [5.74, 6) is 1.35. The van der Waals surface area contributed by atoms with E-state index in [1.54, 1.807) is 6.07 Å². The second-order valence-corrected chi connectivity index (χ2v) is 30.4. The smallest absolute Gasteiger partial charge is 0.160 e. The van der Waals surface area contributed by atoms with Crippen LogP contribution in [0.1, 0.15) is 91.7 Å². The molecule has 542 valence electrons. The highest BCUT2D eigenvalue weighted by molar-refractivity contribution is 5.94. The fraction of sp³-hybridized carbons (Fsp3) is 0.0841. The molecule has 113 heavy (non-hydrogen) atoms. The second kappa shape index (κ2) is 28.0. The summed E-state index contributed by atoms with van der Waals surface area (Å²) in [6, 6.07) is 129. The molecule has 0 bridgehead atoms. The van der Waals surface area contributed by atoms with Gasteiger partial charge in [0.25, 0.3) is 0 Å². The molecule has 20 rings (SSSR count). The molecule has 0 radical (unpaired) electrons. The Morgan fingerprint density at radius 3 is 1.04 bits per heavy atom. The monoisotopic (exact) mass is 1460 g/mol. The number of hydrogen-bond acceptors (Lipinski definition) is 4. The number of rotatable bonds is 19. The normalized spacial score (nSPS) is 15.1. The zero-order chi connectivity index (χ0) is 75.9. The Morgan fingerprint density at radius 2 is 0.637 bits per heavy atom. The molecule has 0 aromatic heterocycles. The molecule has 6 heteroatoms. The zero-order valence-corrected chi connectivity index (χ0v) is 62.9. The number of halogens is 2. The van der Waals surface area contributed by atoms with Crippen LogP contribution in [0.2, 0.25) is 0 Å². The molecular formula is C107H78F2N2O2. The minimum absolute atomic E-state index is 0.471. The van der Waals surface area contributed by atoms with Crippen molar-refractivity contribution in [1.29, 1.82) is 0 Å². The highest BCUT2D eigenvalue weighted by Gasteiger charge is 2.49. The molecule has 0 heterocycles. The van der Waals surface area contributed by atoms with Crippen molar-refractivity contribution >= 4 is 39.7 Å². The van der Waals surface area contributed by atoms with E-state index in [0.29, 0.717) is 5.69 Å². The molecule has 0 saturated heterocycles. The van der Waals surface area contributed by atoms with Gasteiger partial charge in [-0.25, -0.2) is 8.78 Å². The van der Waals surface area contributed by atoms with Crippen LogP contribution in [-0.4, -0.2) is 0 Å². The summed E-state index contributed by atoms with van der Waals surface area (Å²) in [6.45, 7) is 8.82. The fourth-order valence-electron chi connectivity index (χ4n) is 18.3. The van der Waals surface area contributed by atoms with Gasteiger partial charge in [0.05, 0.1) is 10.8 Å². The van der Waals surface area contributed by atoms with Crippen molar-refractivity contribution in [3.63, 3.8) is 0 Å². The maximum absolute atomic E-state index is 16.0. The van der Waals surface area contributed by atoms with Crippen LogP contribution in [0, 0.1) is 11.6 Å². The van der Waals surface area contributed by atoms with E-state index in [2.05, 4.69) is 371 Å². The minimum atomic E-state index is -0.938. The van der Waals surface area contributed by atoms with Crippen LogP contribution < -0.4 is 19.3 Å². The molecule has 4 nitrogen and oxygen atoms in total. The average Bonchev–Trinajstić information content (AvgIpc) is 1.54. The number of fused-ring (bicyclic) bond motifs is 8. The third-order valence-corrected chi connectivity index (χ3v) is 24.1. The molecule has 16 aromatic carbocycles. The molecule has 0 saturated carbocycles. The van der Waals surface area contributed by atoms with Crippen molar-refractivity contribution in [2.45, 2.75) is 56.8 Å². The van der Waals surface area contributed by atoms with Crippen molar-refractivity contribution in [1.82, 2.24) is 0 Å². The van der Waals surface area contributed by atoms with Gasteiger partial charge in [-0.3, -0.25) is 0 Å². The predicted molar refractivity (Wildman–Crippen MR) is 459 cm³/mol. The standard InChI is InChI=1S/C107H78F2N2O2/c1-4-70-29-46-87(65-99(70)69(2)3)110(88-47-58-97-95-56-36-79(71-17-9-5-10-18-71)63-100(95)106(102(97)66-88,81-21-13-7-14-22-81)83-38-52-91(53-39-83)112-93-50-34-75-25-27-77(75)61-93)85-42-30-73(31-43-85)74-32-44-86(45-33-74)111(90-49-60-104(108)105(109)68-90)89-48-59-98-96-57-37-80(72-19-11-6-12-20-72)64-101(96)107(103(98)67-89,82-23-15-8-16-24-82)84-40-54-92(55-41-84)113-94-51-35-76-26-28-78(76)62-94/h5-24,29-68H,2,4,25-28H2,1,3H3. The van der Waals surface area contributed by atoms with Crippen molar-refractivity contribution in [3.05, 3.63) is 460 Å². The van der Waals surface area contributed by atoms with Crippen LogP contribution in [0.3, 0.4) is 0 Å². The molecule has 4 aliphatic rings. The lowest BCUT2D eigenvalue weighted by atomic mass is 9.67. The summed E-state index contributed by atoms with van der Waals surface area (Å²) < 4.78 is 44.6. The minimum Gasteiger partial charge on any atom is -0.457 e. The SMILES string of the molecule is C=C(C)c1cc(N(c2ccc(-c3ccc(N(c4ccc(F)c(F)c4)c4ccc5c(c4)C(c4ccccc4)(c4ccc(Oc6ccc7c(c6)CC7)cc4)c4cc(-c6ccccc6)ccc4-5)cc3)cc2)c2ccc3c(c2)C(c2ccccc2)(c2ccc(Oc4ccc5c(c4)CC5)cc2)c2cc(-c4ccccc4)ccc2-3)ccc1CC. The second-order valence-electron chi connectivity index (χ2n) is 30.4. The zero-order valence-electron chi connectivity index (χ0n) is 62.9. The fourth-order valence-corrected chi connectivity index (χ4v) is 18.3. The first-order valence-corrected chi connectivity index (χ1v) is 39.2. The van der Waals surface area contributed by atoms with Gasteiger partial charge in [0.2, 0.25) is 0 Å². The molecule has 0 fully saturated rings. The van der Waals surface area contributed by atoms with Crippen molar-refractivity contribution in [3.8, 4) is 78.6 Å². The van der Waals surface area contributed by atoms with Gasteiger partial charge in [-0.1, -0.05) is 244 Å². The Bertz CT molecular complexity index is 6380. The van der Waals surface area contributed by atoms with Crippen LogP contribution in [0.4, 0.5) is 42.9 Å². The molecule has 2 unspecified atom stereocenters. The molecule has 16 aromatic rings. The van der Waals surface area contributed by atoms with E-state index in [1.165, 1.54) is 62.2 Å². The van der Waals surface area contributed by atoms with Gasteiger partial charge < -0.3 is 19.3 Å². The number of benzene rings is 16. The summed E-state index contributed by atoms with van der Waals surface area (Å²) in [6.07, 6.45) is 5.23. The number of aryl methyl sites for hydroxylation is 5. The summed E-state index contributed by atoms with van der Waals surface area (Å²) >= 11 is 0. The quantitative estimate of drug-likeness (QED) is 0.0806. The van der Waals surface area contributed by atoms with E-state index in [1.807, 2.05) is 4.90 Å². The lowest BCUT2D eigenvalue weighted by Crippen LogP contribution is -2.29. The summed E-state index contributed by atoms with van der Waals surface area (Å²) in [4.78, 5) is 4.43. The molecule has 0 spiro atoms. The van der Waals surface area contributed by atoms with Crippen LogP contribution in [0.25, 0.3) is 61.2 Å². The van der Waals surface area contributed by atoms with Gasteiger partial charge in [-0.15, -0.1) is 0 Å². The van der Waals surface area contributed by atoms with E-state index >= 15 is 8.78 Å². The Balaban J connectivity index is 0.694. The lowest BCUT2D eigenvalue weighted by molar-refractivity contribution is 0.480. The molecule has 2 atom stereocenters. The summed E-state index contributed by atoms with van der Waals surface area (Å²) in [5, 5.41) is 0. The van der Waals surface area contributed by atoms with Crippen LogP contribution in [0.5, 0.6) is 23.0 Å². The third-order valence-electron chi connectivity index (χ3n) is 24.1. The number of anilines is 6. The molecular weight excluding hydrogens is 1380 g/mol. The average molecular weight is 1460 g/mol. The molecule has 0 aliphatic heterocycles. The highest BCUT2D eigenvalue weighted by Crippen LogP contribution is 2.61. The maximum atomic E-state index is 16.0. The van der Waals surface area contributed by atoms with E-state index in [4.69, 9.17) is 9.47 Å². The Kier molecular flexibility index (Phi) is 17.0. The number of hydrogen-bond donors (Lipinski definition) is 0. The van der Waals surface area contributed by atoms with Crippen LogP contribution >= 0.6 is 0 Å². The van der Waals surface area contributed by atoms with Crippen molar-refractivity contribution < 1.29 is 18.3 Å². The van der Waals surface area contributed by atoms with Crippen molar-refractivity contribution in [2.24, 2.45) is 0 Å². The largest absolute Gasteiger partial charge is 0.457 e. The van der Waals surface area contributed by atoms with E-state index in [9.17, 15) is 0 Å². The third kappa shape index (κ3) is 11.8. The van der Waals surface area contributed by atoms with Gasteiger partial charge in [0.15, 0.2) is 11.6 Å². The Hall–Kier alpha value is -13.7. The van der Waals surface area contributed by atoms with Crippen LogP contribution in [0.15, 0.2) is 371 Å². The highest BCUT2D eigenvalue weighted by atomic mass is 19.2. The van der Waals surface area contributed by atoms with Crippen LogP contribution in [-0.2, 0) is 42.9 Å². The lowest BCUT2D eigenvalue weighted by Gasteiger charge is -2.35. The molecule has 0 amide bonds. The first kappa shape index (κ1) is 68.6. The van der Waals surface area contributed by atoms with Gasteiger partial charge >= 0.3 is 0 Å². The maximum Gasteiger partial charge on any atom is 0.160 e. The number of nitrogens with zero attached hydrogens (tertiary/aromatic N) is 2. The summed E-state index contributed by atoms with van der Waals surface area (Å²) in [7, 11) is 0. The molecule has 0 N–H and O–H groups in total. The van der Waals surface area contributed by atoms with Gasteiger partial charge in [-0.05, 0) is 306 Å². The first-order valence-electron chi connectivity index (χ1n) is 39.2.